The summed E-state index contributed by atoms with van der Waals surface area (Å²) in [5.74, 6) is 0.0130. The molecule has 4 aromatic carbocycles. The van der Waals surface area contributed by atoms with Crippen molar-refractivity contribution in [3.63, 3.8) is 0 Å². The van der Waals surface area contributed by atoms with Gasteiger partial charge in [0, 0.05) is 0 Å². The van der Waals surface area contributed by atoms with E-state index in [0.29, 0.717) is 0 Å². The van der Waals surface area contributed by atoms with Gasteiger partial charge in [0.15, 0.2) is 0 Å². The van der Waals surface area contributed by atoms with Crippen LogP contribution < -0.4 is 20.7 Å². The molecule has 2 fully saturated rings. The van der Waals surface area contributed by atoms with E-state index in [0.717, 1.165) is 25.7 Å². The quantitative estimate of drug-likeness (QED) is 0.124. The van der Waals surface area contributed by atoms with E-state index in [2.05, 4.69) is 341 Å². The molecule has 514 valence electrons. The van der Waals surface area contributed by atoms with Crippen LogP contribution in [0.15, 0.2) is 261 Å². The van der Waals surface area contributed by atoms with Gasteiger partial charge >= 0.3 is 616 Å². The molecule has 10 aliphatic rings. The van der Waals surface area contributed by atoms with E-state index >= 15 is 0 Å². The van der Waals surface area contributed by atoms with Crippen LogP contribution in [0.25, 0.3) is 0 Å². The average molecular weight is 1610 g/mol. The summed E-state index contributed by atoms with van der Waals surface area (Å²) in [5.41, 5.74) is 28.9. The Kier molecular flexibility index (Phi) is 17.0. The van der Waals surface area contributed by atoms with Gasteiger partial charge in [0.05, 0.1) is 0 Å². The van der Waals surface area contributed by atoms with Gasteiger partial charge in [-0.3, -0.25) is 0 Å². The number of halogens is 2. The van der Waals surface area contributed by atoms with E-state index in [9.17, 15) is 17.2 Å². The minimum atomic E-state index is -7.98. The summed E-state index contributed by atoms with van der Waals surface area (Å²) in [4.78, 5) is 0. The Morgan fingerprint density at radius 3 is 0.707 bits per heavy atom. The fourth-order valence-electron chi connectivity index (χ4n) is 25.4. The van der Waals surface area contributed by atoms with Gasteiger partial charge in [-0.15, -0.1) is 0 Å². The fraction of sp³-hybridized carbons (Fsp3) is 0.378. The number of fused-ring (bicyclic) bond motifs is 8. The van der Waals surface area contributed by atoms with E-state index in [1.807, 2.05) is 0 Å². The van der Waals surface area contributed by atoms with Gasteiger partial charge in [-0.05, 0) is 0 Å². The molecule has 0 nitrogen and oxygen atoms in total. The molecule has 8 aliphatic carbocycles. The van der Waals surface area contributed by atoms with Crippen LogP contribution in [0.4, 0.5) is 0 Å². The van der Waals surface area contributed by atoms with Crippen molar-refractivity contribution in [1.82, 2.24) is 0 Å². The van der Waals surface area contributed by atoms with Crippen molar-refractivity contribution in [2.45, 2.75) is 208 Å². The van der Waals surface area contributed by atoms with Gasteiger partial charge in [-0.1, -0.05) is 0 Å². The van der Waals surface area contributed by atoms with Gasteiger partial charge in [0.25, 0.3) is 0 Å². The van der Waals surface area contributed by atoms with Crippen LogP contribution in [0.3, 0.4) is 0 Å². The van der Waals surface area contributed by atoms with Crippen LogP contribution in [0.2, 0.25) is 103 Å². The standard InChI is InChI=1S/2C45H56Si3.2ClH.Hf/c2*1-12-32-28-40-36(34-22-24-42(30(3)26-34)47(6,7)8)18-14-16-20-38(40)44(32)46(5)45-33(13-2)29-41-37(19-15-17-21-39(41)45)35-23-25-43(31(4)27-35)48(9,10)11;;;/h2*14-29,36-37,46H,12-13H2,1-11H3;2*1H;/q;;;;+2/p-2. The first kappa shape index (κ1) is 71.5. The molecule has 4 aromatic rings. The molecule has 0 amide bonds. The zero-order valence-corrected chi connectivity index (χ0v) is 75.4. The van der Waals surface area contributed by atoms with Crippen molar-refractivity contribution in [3.8, 4) is 0 Å². The summed E-state index contributed by atoms with van der Waals surface area (Å²) in [6.07, 6.45) is 54.9. The molecule has 14 rings (SSSR count). The van der Waals surface area contributed by atoms with Crippen molar-refractivity contribution in [1.29, 1.82) is 0 Å². The number of aryl methyl sites for hydroxylation is 4. The predicted molar refractivity (Wildman–Crippen MR) is 451 cm³/mol. The molecule has 99 heavy (non-hydrogen) atoms. The number of benzene rings is 4. The average Bonchev–Trinajstić information content (AvgIpc) is 1.50. The SMILES string of the molecule is CCC1=CC2=C(C=CC=CC2c2ccc([Si](C)(C)C)c(C)c2)[C]12[SiH](C)[C]1(C(CC)=CC3=C1C=CC=CC3c1ccc([Si](C)(C)C)c(C)c1)[Hf]21([Cl])([Cl])[C]2(C(CC)=CC3=C2C=CC=CC3c2ccc([Si](C)(C)C)c(C)c2)[SiH](C)[C]12C(CC)=CC1=C2C=CC=CC1c1ccc([Si](C)(C)C)c(C)c1. The Balaban J connectivity index is 1.21. The molecule has 0 radical (unpaired) electrons. The summed E-state index contributed by atoms with van der Waals surface area (Å²) in [5, 5.41) is 6.16. The number of hydrogen-bond acceptors (Lipinski definition) is 0. The second-order valence-corrected chi connectivity index (χ2v) is 111. The first-order valence-corrected chi connectivity index (χ1v) is 72.7. The van der Waals surface area contributed by atoms with Gasteiger partial charge in [0.2, 0.25) is 0 Å². The molecule has 0 aromatic heterocycles. The van der Waals surface area contributed by atoms with Crippen LogP contribution in [-0.2, 0) is 14.7 Å². The van der Waals surface area contributed by atoms with Crippen molar-refractivity contribution >= 4 is 87.8 Å². The van der Waals surface area contributed by atoms with E-state index in [-0.39, 0.29) is 23.7 Å². The minimum absolute atomic E-state index is 0.00324. The first-order valence-electron chi connectivity index (χ1n) is 38.0. The Bertz CT molecular complexity index is 4190. The van der Waals surface area contributed by atoms with Gasteiger partial charge in [-0.25, -0.2) is 0 Å². The topological polar surface area (TPSA) is 0 Å². The third kappa shape index (κ3) is 8.49. The second-order valence-electron chi connectivity index (χ2n) is 36.0. The van der Waals surface area contributed by atoms with Crippen LogP contribution in [0, 0.1) is 27.7 Å². The van der Waals surface area contributed by atoms with Crippen LogP contribution >= 0.6 is 17.2 Å². The summed E-state index contributed by atoms with van der Waals surface area (Å²) >= 11 is -7.98. The molecule has 2 saturated heterocycles. The Labute approximate surface area is 609 Å². The summed E-state index contributed by atoms with van der Waals surface area (Å²) < 4.78 is -2.68. The van der Waals surface area contributed by atoms with Crippen LogP contribution in [-0.4, -0.2) is 49.9 Å². The Morgan fingerprint density at radius 1 is 0.333 bits per heavy atom. The Hall–Kier alpha value is -4.53. The summed E-state index contributed by atoms with van der Waals surface area (Å²) in [7, 11) is 12.0. The third-order valence-corrected chi connectivity index (χ3v) is 152. The number of allylic oxidation sites excluding steroid dienone is 32. The van der Waals surface area contributed by atoms with Crippen LogP contribution in [0.1, 0.15) is 122 Å². The molecule has 8 atom stereocenters. The van der Waals surface area contributed by atoms with Gasteiger partial charge < -0.3 is 0 Å². The van der Waals surface area contributed by atoms with E-state index in [1.165, 1.54) is 111 Å². The number of rotatable bonds is 12. The molecule has 0 saturated carbocycles. The maximum atomic E-state index is 11.9. The van der Waals surface area contributed by atoms with Crippen molar-refractivity contribution < 1.29 is 14.7 Å². The molecule has 2 heterocycles. The molecule has 8 unspecified atom stereocenters. The van der Waals surface area contributed by atoms with Gasteiger partial charge in [0.1, 0.15) is 0 Å². The third-order valence-electron chi connectivity index (χ3n) is 27.7. The first-order chi connectivity index (χ1) is 46.6. The fourth-order valence-corrected chi connectivity index (χ4v) is 203. The normalized spacial score (nSPS) is 31.1. The summed E-state index contributed by atoms with van der Waals surface area (Å²) in [6, 6.07) is 30.4. The molecule has 0 bridgehead atoms. The maximum absolute atomic E-state index is 11.9. The van der Waals surface area contributed by atoms with E-state index in [4.69, 9.17) is 0 Å². The Morgan fingerprint density at radius 2 is 0.535 bits per heavy atom. The zero-order chi connectivity index (χ0) is 71.2. The summed E-state index contributed by atoms with van der Waals surface area (Å²) in [6.45, 7) is 55.4. The van der Waals surface area contributed by atoms with Crippen molar-refractivity contribution in [2.75, 3.05) is 0 Å². The van der Waals surface area contributed by atoms with E-state index < -0.39 is 75.7 Å². The molecular formula is C90H112Cl2HfSi6. The molecule has 9 heteroatoms. The molecule has 2 aliphatic heterocycles. The predicted octanol–water partition coefficient (Wildman–Crippen LogP) is 23.7. The molecular weight excluding hydrogens is 1500 g/mol. The van der Waals surface area contributed by atoms with Crippen LogP contribution in [0.5, 0.6) is 0 Å². The van der Waals surface area contributed by atoms with Gasteiger partial charge in [-0.2, -0.15) is 0 Å². The van der Waals surface area contributed by atoms with E-state index in [1.54, 1.807) is 20.7 Å². The molecule has 5 spiro atoms. The van der Waals surface area contributed by atoms with Crippen molar-refractivity contribution in [3.05, 3.63) is 306 Å². The second kappa shape index (κ2) is 23.5. The molecule has 0 N–H and O–H groups in total. The monoisotopic (exact) mass is 1610 g/mol. The number of hydrogen-bond donors (Lipinski definition) is 0. The zero-order valence-electron chi connectivity index (χ0n) is 64.0. The van der Waals surface area contributed by atoms with Crippen molar-refractivity contribution in [2.24, 2.45) is 0 Å².